The maximum atomic E-state index is 5.18. The lowest BCUT2D eigenvalue weighted by molar-refractivity contribution is 0.415. The molecular weight excluding hydrogens is 222 g/mol. The van der Waals surface area contributed by atoms with E-state index in [1.54, 1.807) is 7.11 Å². The van der Waals surface area contributed by atoms with Crippen molar-refractivity contribution in [3.63, 3.8) is 0 Å². The highest BCUT2D eigenvalue weighted by atomic mass is 16.5. The highest BCUT2D eigenvalue weighted by Gasteiger charge is 2.03. The second-order valence-electron chi connectivity index (χ2n) is 4.41. The fraction of sp³-hybridized carbons (Fsp3) is 0.250. The van der Waals surface area contributed by atoms with Crippen molar-refractivity contribution in [1.82, 2.24) is 5.32 Å². The lowest BCUT2D eigenvalue weighted by Crippen LogP contribution is -2.05. The third-order valence-corrected chi connectivity index (χ3v) is 3.07. The van der Waals surface area contributed by atoms with Gasteiger partial charge < -0.3 is 10.1 Å². The Morgan fingerprint density at radius 3 is 2.33 bits per heavy atom. The zero-order valence-electron chi connectivity index (χ0n) is 11.2. The van der Waals surface area contributed by atoms with Crippen LogP contribution in [0.1, 0.15) is 11.1 Å². The molecule has 1 N–H and O–H groups in total. The first-order valence-electron chi connectivity index (χ1n) is 6.13. The van der Waals surface area contributed by atoms with Crippen molar-refractivity contribution in [1.29, 1.82) is 0 Å². The van der Waals surface area contributed by atoms with E-state index in [0.29, 0.717) is 0 Å². The van der Waals surface area contributed by atoms with Crippen molar-refractivity contribution in [2.24, 2.45) is 0 Å². The third-order valence-electron chi connectivity index (χ3n) is 3.07. The fourth-order valence-electron chi connectivity index (χ4n) is 2.13. The lowest BCUT2D eigenvalue weighted by Gasteiger charge is -2.09. The van der Waals surface area contributed by atoms with E-state index in [1.165, 1.54) is 22.3 Å². The minimum atomic E-state index is 0.892. The molecule has 94 valence electrons. The monoisotopic (exact) mass is 241 g/mol. The molecule has 0 unspecified atom stereocenters. The van der Waals surface area contributed by atoms with Crippen LogP contribution in [0.25, 0.3) is 11.1 Å². The minimum absolute atomic E-state index is 0.892. The molecule has 0 aromatic heterocycles. The van der Waals surface area contributed by atoms with Crippen LogP contribution in [-0.2, 0) is 6.54 Å². The Labute approximate surface area is 109 Å². The highest BCUT2D eigenvalue weighted by Crippen LogP contribution is 2.26. The standard InChI is InChI=1S/C16H19NO/c1-12-10-13(11-17-2)4-9-16(12)14-5-7-15(18-3)8-6-14/h4-10,17H,11H2,1-3H3. The minimum Gasteiger partial charge on any atom is -0.497 e. The largest absolute Gasteiger partial charge is 0.497 e. The number of rotatable bonds is 4. The maximum Gasteiger partial charge on any atom is 0.118 e. The average Bonchev–Trinajstić information content (AvgIpc) is 2.40. The van der Waals surface area contributed by atoms with Gasteiger partial charge in [0.1, 0.15) is 5.75 Å². The zero-order valence-corrected chi connectivity index (χ0v) is 11.2. The van der Waals surface area contributed by atoms with Gasteiger partial charge in [0.15, 0.2) is 0 Å². The fourth-order valence-corrected chi connectivity index (χ4v) is 2.13. The smallest absolute Gasteiger partial charge is 0.118 e. The molecule has 0 spiro atoms. The molecule has 2 aromatic rings. The SMILES string of the molecule is CNCc1ccc(-c2ccc(OC)cc2)c(C)c1. The van der Waals surface area contributed by atoms with E-state index < -0.39 is 0 Å². The van der Waals surface area contributed by atoms with Gasteiger partial charge in [0.25, 0.3) is 0 Å². The molecule has 0 bridgehead atoms. The van der Waals surface area contributed by atoms with Gasteiger partial charge in [-0.3, -0.25) is 0 Å². The van der Waals surface area contributed by atoms with E-state index in [-0.39, 0.29) is 0 Å². The summed E-state index contributed by atoms with van der Waals surface area (Å²) in [4.78, 5) is 0. The summed E-state index contributed by atoms with van der Waals surface area (Å²) in [5, 5.41) is 3.17. The van der Waals surface area contributed by atoms with E-state index >= 15 is 0 Å². The molecule has 2 rings (SSSR count). The summed E-state index contributed by atoms with van der Waals surface area (Å²) in [5.41, 5.74) is 5.11. The van der Waals surface area contributed by atoms with Crippen molar-refractivity contribution < 1.29 is 4.74 Å². The van der Waals surface area contributed by atoms with Crippen LogP contribution in [0.2, 0.25) is 0 Å². The first-order chi connectivity index (χ1) is 8.74. The second-order valence-corrected chi connectivity index (χ2v) is 4.41. The summed E-state index contributed by atoms with van der Waals surface area (Å²) in [7, 11) is 3.65. The van der Waals surface area contributed by atoms with Gasteiger partial charge in [-0.15, -0.1) is 0 Å². The maximum absolute atomic E-state index is 5.18. The summed E-state index contributed by atoms with van der Waals surface area (Å²) in [6.07, 6.45) is 0. The van der Waals surface area contributed by atoms with Crippen LogP contribution in [0.4, 0.5) is 0 Å². The predicted octanol–water partition coefficient (Wildman–Crippen LogP) is 3.39. The first kappa shape index (κ1) is 12.7. The van der Waals surface area contributed by atoms with Crippen molar-refractivity contribution in [3.8, 4) is 16.9 Å². The number of ether oxygens (including phenoxy) is 1. The molecule has 2 heteroatoms. The van der Waals surface area contributed by atoms with Crippen LogP contribution in [0.5, 0.6) is 5.75 Å². The van der Waals surface area contributed by atoms with Gasteiger partial charge in [-0.1, -0.05) is 30.3 Å². The van der Waals surface area contributed by atoms with Crippen molar-refractivity contribution in [3.05, 3.63) is 53.6 Å². The number of hydrogen-bond donors (Lipinski definition) is 1. The van der Waals surface area contributed by atoms with Crippen LogP contribution >= 0.6 is 0 Å². The Morgan fingerprint density at radius 1 is 1.06 bits per heavy atom. The Balaban J connectivity index is 2.32. The van der Waals surface area contributed by atoms with E-state index in [2.05, 4.69) is 42.6 Å². The molecule has 0 saturated heterocycles. The summed E-state index contributed by atoms with van der Waals surface area (Å²) in [5.74, 6) is 0.892. The number of aryl methyl sites for hydroxylation is 1. The van der Waals surface area contributed by atoms with E-state index in [9.17, 15) is 0 Å². The van der Waals surface area contributed by atoms with Crippen LogP contribution < -0.4 is 10.1 Å². The molecule has 18 heavy (non-hydrogen) atoms. The topological polar surface area (TPSA) is 21.3 Å². The molecule has 0 fully saturated rings. The molecule has 0 aliphatic carbocycles. The summed E-state index contributed by atoms with van der Waals surface area (Å²) in [6, 6.07) is 14.8. The summed E-state index contributed by atoms with van der Waals surface area (Å²) < 4.78 is 5.18. The normalized spacial score (nSPS) is 10.4. The van der Waals surface area contributed by atoms with Gasteiger partial charge in [0, 0.05) is 6.54 Å². The molecule has 0 aliphatic heterocycles. The quantitative estimate of drug-likeness (QED) is 0.886. The van der Waals surface area contributed by atoms with E-state index in [0.717, 1.165) is 12.3 Å². The molecular formula is C16H19NO. The predicted molar refractivity (Wildman–Crippen MR) is 75.9 cm³/mol. The molecule has 0 saturated carbocycles. The Hall–Kier alpha value is -1.80. The van der Waals surface area contributed by atoms with Gasteiger partial charge in [-0.25, -0.2) is 0 Å². The summed E-state index contributed by atoms with van der Waals surface area (Å²) in [6.45, 7) is 3.06. The van der Waals surface area contributed by atoms with Crippen molar-refractivity contribution in [2.75, 3.05) is 14.2 Å². The number of hydrogen-bond acceptors (Lipinski definition) is 2. The average molecular weight is 241 g/mol. The highest BCUT2D eigenvalue weighted by molar-refractivity contribution is 5.68. The first-order valence-corrected chi connectivity index (χ1v) is 6.13. The van der Waals surface area contributed by atoms with Gasteiger partial charge in [0.2, 0.25) is 0 Å². The molecule has 2 nitrogen and oxygen atoms in total. The van der Waals surface area contributed by atoms with E-state index in [4.69, 9.17) is 4.74 Å². The number of benzene rings is 2. The second kappa shape index (κ2) is 5.69. The summed E-state index contributed by atoms with van der Waals surface area (Å²) >= 11 is 0. The van der Waals surface area contributed by atoms with Crippen molar-refractivity contribution >= 4 is 0 Å². The Bertz CT molecular complexity index is 517. The van der Waals surface area contributed by atoms with E-state index in [1.807, 2.05) is 19.2 Å². The molecule has 0 radical (unpaired) electrons. The lowest BCUT2D eigenvalue weighted by atomic mass is 9.98. The van der Waals surface area contributed by atoms with Gasteiger partial charge in [-0.2, -0.15) is 0 Å². The number of methoxy groups -OCH3 is 1. The zero-order chi connectivity index (χ0) is 13.0. The molecule has 0 amide bonds. The van der Waals surface area contributed by atoms with Gasteiger partial charge >= 0.3 is 0 Å². The third kappa shape index (κ3) is 2.71. The van der Waals surface area contributed by atoms with Crippen LogP contribution in [0.15, 0.2) is 42.5 Å². The van der Waals surface area contributed by atoms with Crippen LogP contribution in [0.3, 0.4) is 0 Å². The van der Waals surface area contributed by atoms with Gasteiger partial charge in [0.05, 0.1) is 7.11 Å². The van der Waals surface area contributed by atoms with Crippen LogP contribution in [-0.4, -0.2) is 14.2 Å². The molecule has 0 atom stereocenters. The van der Waals surface area contributed by atoms with Crippen LogP contribution in [0, 0.1) is 6.92 Å². The van der Waals surface area contributed by atoms with Gasteiger partial charge in [-0.05, 0) is 48.4 Å². The molecule has 2 aromatic carbocycles. The number of nitrogens with one attached hydrogen (secondary N) is 1. The Morgan fingerprint density at radius 2 is 1.78 bits per heavy atom. The molecule has 0 aliphatic rings. The Kier molecular flexibility index (Phi) is 4.00. The van der Waals surface area contributed by atoms with Crippen molar-refractivity contribution in [2.45, 2.75) is 13.5 Å². The molecule has 0 heterocycles.